The minimum atomic E-state index is -0.887. The van der Waals surface area contributed by atoms with E-state index in [1.807, 2.05) is 0 Å². The average molecular weight is 276 g/mol. The van der Waals surface area contributed by atoms with E-state index in [-0.39, 0.29) is 31.2 Å². The lowest BCUT2D eigenvalue weighted by Gasteiger charge is -2.38. The van der Waals surface area contributed by atoms with Crippen molar-refractivity contribution in [3.8, 4) is 0 Å². The number of hydrogen-bond acceptors (Lipinski definition) is 5. The summed E-state index contributed by atoms with van der Waals surface area (Å²) < 4.78 is 9.69. The van der Waals surface area contributed by atoms with Crippen molar-refractivity contribution < 1.29 is 23.9 Å². The van der Waals surface area contributed by atoms with E-state index in [1.54, 1.807) is 31.2 Å². The first kappa shape index (κ1) is 14.2. The van der Waals surface area contributed by atoms with Gasteiger partial charge in [0.1, 0.15) is 11.2 Å². The zero-order valence-electron chi connectivity index (χ0n) is 11.5. The standard InChI is InChI=1S/C15H16O5/c1-3-20-14(18)15(8-12(16)9-15)11-6-4-10(5-7-11)13(17)19-2/h4-7H,3,8-9H2,1-2H3. The van der Waals surface area contributed by atoms with Crippen molar-refractivity contribution in [1.82, 2.24) is 0 Å². The molecule has 1 aliphatic carbocycles. The predicted molar refractivity (Wildman–Crippen MR) is 70.3 cm³/mol. The Labute approximate surface area is 116 Å². The summed E-state index contributed by atoms with van der Waals surface area (Å²) >= 11 is 0. The Morgan fingerprint density at radius 1 is 1.20 bits per heavy atom. The second-order valence-corrected chi connectivity index (χ2v) is 4.76. The fourth-order valence-corrected chi connectivity index (χ4v) is 2.40. The maximum Gasteiger partial charge on any atom is 0.337 e. The summed E-state index contributed by atoms with van der Waals surface area (Å²) in [7, 11) is 1.31. The second kappa shape index (κ2) is 5.45. The molecule has 0 saturated heterocycles. The van der Waals surface area contributed by atoms with Gasteiger partial charge < -0.3 is 9.47 Å². The number of ether oxygens (including phenoxy) is 2. The molecular weight excluding hydrogens is 260 g/mol. The van der Waals surface area contributed by atoms with Gasteiger partial charge in [0.25, 0.3) is 0 Å². The summed E-state index contributed by atoms with van der Waals surface area (Å²) in [6.07, 6.45) is 0.312. The van der Waals surface area contributed by atoms with Crippen molar-refractivity contribution in [3.63, 3.8) is 0 Å². The van der Waals surface area contributed by atoms with Crippen molar-refractivity contribution in [3.05, 3.63) is 35.4 Å². The molecule has 0 aromatic heterocycles. The zero-order chi connectivity index (χ0) is 14.8. The highest BCUT2D eigenvalue weighted by Crippen LogP contribution is 2.42. The molecule has 1 fully saturated rings. The van der Waals surface area contributed by atoms with Crippen LogP contribution in [0.5, 0.6) is 0 Å². The van der Waals surface area contributed by atoms with E-state index in [2.05, 4.69) is 4.74 Å². The summed E-state index contributed by atoms with van der Waals surface area (Å²) in [5, 5.41) is 0. The van der Waals surface area contributed by atoms with Gasteiger partial charge in [-0.3, -0.25) is 9.59 Å². The molecule has 1 aliphatic rings. The molecule has 0 radical (unpaired) electrons. The summed E-state index contributed by atoms with van der Waals surface area (Å²) in [5.41, 5.74) is 0.214. The highest BCUT2D eigenvalue weighted by atomic mass is 16.5. The number of benzene rings is 1. The molecule has 0 spiro atoms. The van der Waals surface area contributed by atoms with Crippen molar-refractivity contribution in [2.45, 2.75) is 25.2 Å². The molecule has 106 valence electrons. The van der Waals surface area contributed by atoms with Crippen LogP contribution in [0.4, 0.5) is 0 Å². The SMILES string of the molecule is CCOC(=O)C1(c2ccc(C(=O)OC)cc2)CC(=O)C1. The summed E-state index contributed by atoms with van der Waals surface area (Å²) in [6, 6.07) is 6.53. The Balaban J connectivity index is 2.29. The molecule has 1 saturated carbocycles. The van der Waals surface area contributed by atoms with E-state index in [4.69, 9.17) is 4.74 Å². The summed E-state index contributed by atoms with van der Waals surface area (Å²) in [4.78, 5) is 34.8. The molecule has 0 aliphatic heterocycles. The number of rotatable bonds is 4. The monoisotopic (exact) mass is 276 g/mol. The minimum Gasteiger partial charge on any atom is -0.465 e. The van der Waals surface area contributed by atoms with Gasteiger partial charge in [0, 0.05) is 12.8 Å². The number of esters is 2. The van der Waals surface area contributed by atoms with E-state index in [0.717, 1.165) is 0 Å². The van der Waals surface area contributed by atoms with Crippen LogP contribution in [0.2, 0.25) is 0 Å². The molecule has 1 aromatic carbocycles. The van der Waals surface area contributed by atoms with E-state index < -0.39 is 11.4 Å². The number of ketones is 1. The van der Waals surface area contributed by atoms with Crippen molar-refractivity contribution >= 4 is 17.7 Å². The zero-order valence-corrected chi connectivity index (χ0v) is 11.5. The lowest BCUT2D eigenvalue weighted by Crippen LogP contribution is -2.49. The van der Waals surface area contributed by atoms with E-state index in [0.29, 0.717) is 11.1 Å². The average Bonchev–Trinajstić information content (AvgIpc) is 2.43. The molecule has 2 rings (SSSR count). The molecule has 0 heterocycles. The van der Waals surface area contributed by atoms with Gasteiger partial charge in [-0.15, -0.1) is 0 Å². The Hall–Kier alpha value is -2.17. The van der Waals surface area contributed by atoms with Crippen LogP contribution >= 0.6 is 0 Å². The highest BCUT2D eigenvalue weighted by molar-refractivity contribution is 6.02. The van der Waals surface area contributed by atoms with Crippen LogP contribution in [-0.2, 0) is 24.5 Å². The number of methoxy groups -OCH3 is 1. The Bertz CT molecular complexity index is 536. The van der Waals surface area contributed by atoms with Gasteiger partial charge in [0.15, 0.2) is 0 Å². The second-order valence-electron chi connectivity index (χ2n) is 4.76. The topological polar surface area (TPSA) is 69.7 Å². The maximum absolute atomic E-state index is 12.1. The van der Waals surface area contributed by atoms with E-state index in [9.17, 15) is 14.4 Å². The Morgan fingerprint density at radius 2 is 1.80 bits per heavy atom. The number of hydrogen-bond donors (Lipinski definition) is 0. The van der Waals surface area contributed by atoms with Crippen LogP contribution < -0.4 is 0 Å². The first-order valence-electron chi connectivity index (χ1n) is 6.41. The van der Waals surface area contributed by atoms with Gasteiger partial charge in [-0.25, -0.2) is 4.79 Å². The van der Waals surface area contributed by atoms with Crippen molar-refractivity contribution in [2.75, 3.05) is 13.7 Å². The molecule has 20 heavy (non-hydrogen) atoms. The lowest BCUT2D eigenvalue weighted by molar-refractivity contribution is -0.158. The van der Waals surface area contributed by atoms with E-state index >= 15 is 0 Å². The number of carbonyl (C=O) groups excluding carboxylic acids is 3. The quantitative estimate of drug-likeness (QED) is 0.782. The molecule has 0 bridgehead atoms. The highest BCUT2D eigenvalue weighted by Gasteiger charge is 2.52. The summed E-state index contributed by atoms with van der Waals surface area (Å²) in [6.45, 7) is 2.00. The van der Waals surface area contributed by atoms with Crippen LogP contribution in [0.3, 0.4) is 0 Å². The van der Waals surface area contributed by atoms with Crippen LogP contribution in [0, 0.1) is 0 Å². The molecule has 0 atom stereocenters. The Morgan fingerprint density at radius 3 is 2.25 bits per heavy atom. The normalized spacial score (nSPS) is 16.2. The molecular formula is C15H16O5. The summed E-state index contributed by atoms with van der Waals surface area (Å²) in [5.74, 6) is -0.785. The van der Waals surface area contributed by atoms with Gasteiger partial charge in [0.05, 0.1) is 19.3 Å². The predicted octanol–water partition coefficient (Wildman–Crippen LogP) is 1.64. The van der Waals surface area contributed by atoms with Gasteiger partial charge in [-0.05, 0) is 24.6 Å². The largest absolute Gasteiger partial charge is 0.465 e. The first-order chi connectivity index (χ1) is 9.53. The van der Waals surface area contributed by atoms with Crippen molar-refractivity contribution in [1.29, 1.82) is 0 Å². The van der Waals surface area contributed by atoms with Gasteiger partial charge >= 0.3 is 11.9 Å². The Kier molecular flexibility index (Phi) is 3.88. The molecule has 0 amide bonds. The van der Waals surface area contributed by atoms with Crippen LogP contribution in [0.15, 0.2) is 24.3 Å². The third-order valence-electron chi connectivity index (χ3n) is 3.52. The minimum absolute atomic E-state index is 0.0371. The van der Waals surface area contributed by atoms with Gasteiger partial charge in [-0.1, -0.05) is 12.1 Å². The first-order valence-corrected chi connectivity index (χ1v) is 6.41. The van der Waals surface area contributed by atoms with Crippen LogP contribution in [0.1, 0.15) is 35.7 Å². The van der Waals surface area contributed by atoms with Gasteiger partial charge in [0.2, 0.25) is 0 Å². The van der Waals surface area contributed by atoms with Crippen molar-refractivity contribution in [2.24, 2.45) is 0 Å². The smallest absolute Gasteiger partial charge is 0.337 e. The third-order valence-corrected chi connectivity index (χ3v) is 3.52. The molecule has 0 N–H and O–H groups in total. The molecule has 5 heteroatoms. The number of carbonyl (C=O) groups is 3. The van der Waals surface area contributed by atoms with Crippen LogP contribution in [-0.4, -0.2) is 31.4 Å². The lowest BCUT2D eigenvalue weighted by atomic mass is 9.63. The number of Topliss-reactive ketones (excluding diaryl/α,β-unsaturated/α-hetero) is 1. The fraction of sp³-hybridized carbons (Fsp3) is 0.400. The third kappa shape index (κ3) is 2.31. The fourth-order valence-electron chi connectivity index (χ4n) is 2.40. The molecule has 0 unspecified atom stereocenters. The van der Waals surface area contributed by atoms with E-state index in [1.165, 1.54) is 7.11 Å². The molecule has 5 nitrogen and oxygen atoms in total. The van der Waals surface area contributed by atoms with Gasteiger partial charge in [-0.2, -0.15) is 0 Å². The van der Waals surface area contributed by atoms with Crippen LogP contribution in [0.25, 0.3) is 0 Å². The molecule has 1 aromatic rings. The maximum atomic E-state index is 12.1.